The molecule has 1 fully saturated rings. The highest BCUT2D eigenvalue weighted by Crippen LogP contribution is 2.13. The quantitative estimate of drug-likeness (QED) is 0.662. The van der Waals surface area contributed by atoms with Crippen LogP contribution in [0.1, 0.15) is 0 Å². The zero-order chi connectivity index (χ0) is 11.4. The van der Waals surface area contributed by atoms with Crippen molar-refractivity contribution >= 4 is 17.7 Å². The Morgan fingerprint density at radius 2 is 2.25 bits per heavy atom. The van der Waals surface area contributed by atoms with E-state index in [9.17, 15) is 4.79 Å². The van der Waals surface area contributed by atoms with Gasteiger partial charge in [-0.1, -0.05) is 16.9 Å². The predicted molar refractivity (Wildman–Crippen MR) is 54.9 cm³/mol. The molecule has 1 aromatic rings. The van der Waals surface area contributed by atoms with E-state index in [0.29, 0.717) is 31.5 Å². The van der Waals surface area contributed by atoms with Crippen molar-refractivity contribution in [1.82, 2.24) is 20.3 Å². The number of rotatable bonds is 4. The molecule has 8 nitrogen and oxygen atoms in total. The summed E-state index contributed by atoms with van der Waals surface area (Å²) in [5.74, 6) is -0.938. The van der Waals surface area contributed by atoms with Crippen molar-refractivity contribution in [3.8, 4) is 0 Å². The van der Waals surface area contributed by atoms with E-state index < -0.39 is 5.97 Å². The minimum absolute atomic E-state index is 0.0509. The van der Waals surface area contributed by atoms with Crippen molar-refractivity contribution in [2.24, 2.45) is 0 Å². The first-order chi connectivity index (χ1) is 7.77. The number of aliphatic carboxylic acids is 1. The van der Waals surface area contributed by atoms with E-state index in [1.807, 2.05) is 5.01 Å². The predicted octanol–water partition coefficient (Wildman–Crippen LogP) is -1.18. The summed E-state index contributed by atoms with van der Waals surface area (Å²) in [7, 11) is 0. The molecule has 0 unspecified atom stereocenters. The molecular weight excluding hydrogens is 234 g/mol. The van der Waals surface area contributed by atoms with E-state index in [-0.39, 0.29) is 5.75 Å². The van der Waals surface area contributed by atoms with Crippen LogP contribution in [0.3, 0.4) is 0 Å². The van der Waals surface area contributed by atoms with Crippen LogP contribution in [-0.2, 0) is 9.53 Å². The van der Waals surface area contributed by atoms with E-state index in [1.165, 1.54) is 4.79 Å². The molecule has 9 heteroatoms. The number of thioether (sulfide) groups is 1. The first-order valence-corrected chi connectivity index (χ1v) is 5.72. The highest BCUT2D eigenvalue weighted by atomic mass is 32.2. The molecule has 1 N–H and O–H groups in total. The van der Waals surface area contributed by atoms with Crippen molar-refractivity contribution < 1.29 is 14.6 Å². The molecular formula is C7H11N5O3S. The molecule has 0 aromatic carbocycles. The van der Waals surface area contributed by atoms with Gasteiger partial charge in [0.15, 0.2) is 0 Å². The van der Waals surface area contributed by atoms with Gasteiger partial charge in [-0.15, -0.1) is 4.79 Å². The van der Waals surface area contributed by atoms with Crippen molar-refractivity contribution in [3.05, 3.63) is 0 Å². The van der Waals surface area contributed by atoms with Gasteiger partial charge in [0.25, 0.3) is 0 Å². The molecule has 1 saturated heterocycles. The molecule has 2 heterocycles. The van der Waals surface area contributed by atoms with Crippen LogP contribution in [0.2, 0.25) is 0 Å². The molecule has 0 aliphatic carbocycles. The summed E-state index contributed by atoms with van der Waals surface area (Å²) in [6, 6.07) is 0. The average molecular weight is 245 g/mol. The summed E-state index contributed by atoms with van der Waals surface area (Å²) in [4.78, 5) is 12.0. The lowest BCUT2D eigenvalue weighted by Gasteiger charge is -2.27. The first kappa shape index (κ1) is 11.1. The SMILES string of the molecule is O=C(O)CSc1nnnn1N1CCOCC1. The molecule has 88 valence electrons. The average Bonchev–Trinajstić information content (AvgIpc) is 2.75. The molecule has 0 saturated carbocycles. The normalized spacial score (nSPS) is 16.4. The van der Waals surface area contributed by atoms with Gasteiger partial charge in [0.1, 0.15) is 0 Å². The van der Waals surface area contributed by atoms with Crippen LogP contribution in [0.25, 0.3) is 0 Å². The van der Waals surface area contributed by atoms with E-state index >= 15 is 0 Å². The number of hydrogen-bond donors (Lipinski definition) is 1. The van der Waals surface area contributed by atoms with E-state index in [4.69, 9.17) is 9.84 Å². The van der Waals surface area contributed by atoms with Gasteiger partial charge in [-0.2, -0.15) is 0 Å². The van der Waals surface area contributed by atoms with Gasteiger partial charge in [0.2, 0.25) is 5.16 Å². The first-order valence-electron chi connectivity index (χ1n) is 4.73. The number of carboxylic acid groups (broad SMARTS) is 1. The Morgan fingerprint density at radius 1 is 1.50 bits per heavy atom. The van der Waals surface area contributed by atoms with E-state index in [0.717, 1.165) is 11.8 Å². The highest BCUT2D eigenvalue weighted by Gasteiger charge is 2.17. The number of hydrogen-bond acceptors (Lipinski definition) is 7. The standard InChI is InChI=1S/C7H11N5O3S/c13-6(14)5-16-7-8-9-10-12(7)11-1-3-15-4-2-11/h1-5H2,(H,13,14). The Labute approximate surface area is 95.5 Å². The zero-order valence-corrected chi connectivity index (χ0v) is 9.26. The Morgan fingerprint density at radius 3 is 2.94 bits per heavy atom. The van der Waals surface area contributed by atoms with E-state index in [1.54, 1.807) is 0 Å². The number of carboxylic acids is 1. The summed E-state index contributed by atoms with van der Waals surface area (Å²) < 4.78 is 5.21. The zero-order valence-electron chi connectivity index (χ0n) is 8.44. The van der Waals surface area contributed by atoms with Gasteiger partial charge in [0, 0.05) is 0 Å². The van der Waals surface area contributed by atoms with Crippen LogP contribution in [0, 0.1) is 0 Å². The number of ether oxygens (including phenoxy) is 1. The van der Waals surface area contributed by atoms with Gasteiger partial charge in [0.05, 0.1) is 32.1 Å². The molecule has 0 atom stereocenters. The summed E-state index contributed by atoms with van der Waals surface area (Å²) in [6.07, 6.45) is 0. The van der Waals surface area contributed by atoms with Crippen LogP contribution in [0.15, 0.2) is 5.16 Å². The third-order valence-corrected chi connectivity index (χ3v) is 2.90. The maximum absolute atomic E-state index is 10.4. The van der Waals surface area contributed by atoms with E-state index in [2.05, 4.69) is 15.5 Å². The fourth-order valence-corrected chi connectivity index (χ4v) is 1.92. The number of morpholine rings is 1. The third-order valence-electron chi connectivity index (χ3n) is 2.01. The smallest absolute Gasteiger partial charge is 0.313 e. The van der Waals surface area contributed by atoms with Crippen molar-refractivity contribution in [1.29, 1.82) is 0 Å². The maximum Gasteiger partial charge on any atom is 0.313 e. The summed E-state index contributed by atoms with van der Waals surface area (Å²) in [5, 5.41) is 22.1. The highest BCUT2D eigenvalue weighted by molar-refractivity contribution is 7.99. The largest absolute Gasteiger partial charge is 0.481 e. The fourth-order valence-electron chi connectivity index (χ4n) is 1.31. The molecule has 1 aromatic heterocycles. The third kappa shape index (κ3) is 2.61. The van der Waals surface area contributed by atoms with Crippen molar-refractivity contribution in [3.63, 3.8) is 0 Å². The fraction of sp³-hybridized carbons (Fsp3) is 0.714. The second-order valence-electron chi connectivity index (χ2n) is 3.10. The van der Waals surface area contributed by atoms with Gasteiger partial charge in [-0.25, -0.2) is 0 Å². The van der Waals surface area contributed by atoms with Gasteiger partial charge in [-0.05, 0) is 10.4 Å². The number of nitrogens with zero attached hydrogens (tertiary/aromatic N) is 5. The molecule has 16 heavy (non-hydrogen) atoms. The topological polar surface area (TPSA) is 93.4 Å². The minimum atomic E-state index is -0.887. The summed E-state index contributed by atoms with van der Waals surface area (Å²) in [5.41, 5.74) is 0. The van der Waals surface area contributed by atoms with Crippen molar-refractivity contribution in [2.75, 3.05) is 37.1 Å². The molecule has 0 spiro atoms. The number of tetrazole rings is 1. The Balaban J connectivity index is 2.02. The Bertz CT molecular complexity index is 365. The molecule has 1 aliphatic heterocycles. The lowest BCUT2D eigenvalue weighted by molar-refractivity contribution is -0.133. The van der Waals surface area contributed by atoms with Crippen LogP contribution in [-0.4, -0.2) is 63.4 Å². The second-order valence-corrected chi connectivity index (χ2v) is 4.04. The Hall–Kier alpha value is -1.35. The van der Waals surface area contributed by atoms with Gasteiger partial charge < -0.3 is 9.84 Å². The molecule has 0 bridgehead atoms. The molecule has 2 rings (SSSR count). The second kappa shape index (κ2) is 5.12. The van der Waals surface area contributed by atoms with Crippen molar-refractivity contribution in [2.45, 2.75) is 5.16 Å². The van der Waals surface area contributed by atoms with Gasteiger partial charge in [-0.3, -0.25) is 9.80 Å². The monoisotopic (exact) mass is 245 g/mol. The Kier molecular flexibility index (Phi) is 3.57. The lowest BCUT2D eigenvalue weighted by atomic mass is 10.5. The molecule has 0 amide bonds. The van der Waals surface area contributed by atoms with Crippen LogP contribution >= 0.6 is 11.8 Å². The molecule has 1 aliphatic rings. The minimum Gasteiger partial charge on any atom is -0.481 e. The molecule has 0 radical (unpaired) electrons. The van der Waals surface area contributed by atoms with Gasteiger partial charge >= 0.3 is 5.97 Å². The van der Waals surface area contributed by atoms with Crippen LogP contribution in [0.4, 0.5) is 0 Å². The lowest BCUT2D eigenvalue weighted by Crippen LogP contribution is -2.45. The van der Waals surface area contributed by atoms with Crippen LogP contribution in [0.5, 0.6) is 0 Å². The number of aromatic nitrogens is 4. The number of carbonyl (C=O) groups is 1. The summed E-state index contributed by atoms with van der Waals surface area (Å²) >= 11 is 1.10. The maximum atomic E-state index is 10.4. The summed E-state index contributed by atoms with van der Waals surface area (Å²) in [6.45, 7) is 2.66. The van der Waals surface area contributed by atoms with Crippen LogP contribution < -0.4 is 5.01 Å².